The third-order valence-corrected chi connectivity index (χ3v) is 4.84. The van der Waals surface area contributed by atoms with Gasteiger partial charge in [0.1, 0.15) is 5.82 Å². The monoisotopic (exact) mass is 340 g/mol. The average Bonchev–Trinajstić information content (AvgIpc) is 2.51. The van der Waals surface area contributed by atoms with Gasteiger partial charge in [-0.25, -0.2) is 4.39 Å². The molecular formula is C20H21FN2O2. The second-order valence-electron chi connectivity index (χ2n) is 6.58. The third-order valence-electron chi connectivity index (χ3n) is 4.84. The minimum absolute atomic E-state index is 0.178. The minimum atomic E-state index is -0.818. The van der Waals surface area contributed by atoms with E-state index in [0.29, 0.717) is 29.8 Å². The van der Waals surface area contributed by atoms with Crippen LogP contribution in [-0.4, -0.2) is 11.8 Å². The zero-order chi connectivity index (χ0) is 18.0. The van der Waals surface area contributed by atoms with Crippen LogP contribution >= 0.6 is 0 Å². The molecule has 4 nitrogen and oxygen atoms in total. The normalized spacial score (nSPS) is 15.2. The quantitative estimate of drug-likeness (QED) is 0.878. The highest BCUT2D eigenvalue weighted by Crippen LogP contribution is 2.45. The van der Waals surface area contributed by atoms with Gasteiger partial charge in [0, 0.05) is 23.9 Å². The summed E-state index contributed by atoms with van der Waals surface area (Å²) in [4.78, 5) is 24.2. The van der Waals surface area contributed by atoms with Crippen LogP contribution in [0, 0.1) is 12.7 Å². The van der Waals surface area contributed by atoms with Crippen LogP contribution in [0.2, 0.25) is 0 Å². The number of carbonyl (C=O) groups excluding carboxylic acids is 2. The van der Waals surface area contributed by atoms with Crippen molar-refractivity contribution in [3.63, 3.8) is 0 Å². The molecule has 0 spiro atoms. The van der Waals surface area contributed by atoms with E-state index in [1.165, 1.54) is 13.0 Å². The van der Waals surface area contributed by atoms with Gasteiger partial charge in [-0.1, -0.05) is 30.7 Å². The summed E-state index contributed by atoms with van der Waals surface area (Å²) in [7, 11) is 0. The van der Waals surface area contributed by atoms with Crippen LogP contribution in [0.3, 0.4) is 0 Å². The van der Waals surface area contributed by atoms with Gasteiger partial charge in [-0.15, -0.1) is 0 Å². The van der Waals surface area contributed by atoms with E-state index < -0.39 is 5.41 Å². The predicted molar refractivity (Wildman–Crippen MR) is 96.0 cm³/mol. The Labute approximate surface area is 146 Å². The maximum atomic E-state index is 14.3. The minimum Gasteiger partial charge on any atom is -0.326 e. The van der Waals surface area contributed by atoms with Crippen LogP contribution < -0.4 is 10.6 Å². The Morgan fingerprint density at radius 1 is 1.08 bits per heavy atom. The molecule has 130 valence electrons. The van der Waals surface area contributed by atoms with Crippen molar-refractivity contribution >= 4 is 23.2 Å². The molecule has 1 fully saturated rings. The molecule has 1 aliphatic rings. The fourth-order valence-electron chi connectivity index (χ4n) is 3.28. The average molecular weight is 340 g/mol. The summed E-state index contributed by atoms with van der Waals surface area (Å²) in [6, 6.07) is 11.8. The molecule has 0 bridgehead atoms. The smallest absolute Gasteiger partial charge is 0.235 e. The summed E-state index contributed by atoms with van der Waals surface area (Å²) in [6.45, 7) is 3.31. The highest BCUT2D eigenvalue weighted by Gasteiger charge is 2.47. The van der Waals surface area contributed by atoms with Crippen LogP contribution in [0.1, 0.15) is 37.3 Å². The third kappa shape index (κ3) is 3.27. The van der Waals surface area contributed by atoms with E-state index in [-0.39, 0.29) is 17.6 Å². The highest BCUT2D eigenvalue weighted by molar-refractivity contribution is 6.01. The van der Waals surface area contributed by atoms with Crippen molar-refractivity contribution in [3.8, 4) is 0 Å². The van der Waals surface area contributed by atoms with Gasteiger partial charge in [0.25, 0.3) is 0 Å². The molecule has 2 amide bonds. The van der Waals surface area contributed by atoms with E-state index in [1.807, 2.05) is 13.0 Å². The summed E-state index contributed by atoms with van der Waals surface area (Å²) < 4.78 is 14.3. The number of nitrogens with one attached hydrogen (secondary N) is 2. The number of rotatable bonds is 4. The van der Waals surface area contributed by atoms with Crippen LogP contribution in [0.5, 0.6) is 0 Å². The first-order chi connectivity index (χ1) is 11.9. The van der Waals surface area contributed by atoms with E-state index >= 15 is 0 Å². The van der Waals surface area contributed by atoms with Crippen molar-refractivity contribution in [3.05, 3.63) is 59.4 Å². The molecule has 2 N–H and O–H groups in total. The van der Waals surface area contributed by atoms with Gasteiger partial charge in [-0.05, 0) is 43.5 Å². The van der Waals surface area contributed by atoms with Gasteiger partial charge in [-0.2, -0.15) is 0 Å². The molecule has 0 heterocycles. The molecule has 3 rings (SSSR count). The first kappa shape index (κ1) is 17.1. The second kappa shape index (κ2) is 6.67. The van der Waals surface area contributed by atoms with Gasteiger partial charge >= 0.3 is 0 Å². The highest BCUT2D eigenvalue weighted by atomic mass is 19.1. The SMILES string of the molecule is CC(=O)Nc1ccc(C)c(NC(=O)C2(c3ccccc3F)CCC2)c1. The molecule has 1 saturated carbocycles. The molecule has 0 atom stereocenters. The van der Waals surface area contributed by atoms with Crippen molar-refractivity contribution in [1.82, 2.24) is 0 Å². The molecule has 0 saturated heterocycles. The number of hydrogen-bond donors (Lipinski definition) is 2. The number of amides is 2. The molecule has 25 heavy (non-hydrogen) atoms. The molecule has 0 unspecified atom stereocenters. The maximum absolute atomic E-state index is 14.3. The van der Waals surface area contributed by atoms with Crippen molar-refractivity contribution in [2.45, 2.75) is 38.5 Å². The van der Waals surface area contributed by atoms with E-state index in [2.05, 4.69) is 10.6 Å². The number of anilines is 2. The first-order valence-electron chi connectivity index (χ1n) is 8.37. The molecule has 2 aromatic rings. The Balaban J connectivity index is 1.89. The topological polar surface area (TPSA) is 58.2 Å². The fourth-order valence-corrected chi connectivity index (χ4v) is 3.28. The van der Waals surface area contributed by atoms with Crippen molar-refractivity contribution in [1.29, 1.82) is 0 Å². The van der Waals surface area contributed by atoms with Crippen LogP contribution in [0.4, 0.5) is 15.8 Å². The van der Waals surface area contributed by atoms with E-state index in [9.17, 15) is 14.0 Å². The predicted octanol–water partition coefficient (Wildman–Crippen LogP) is 4.15. The second-order valence-corrected chi connectivity index (χ2v) is 6.58. The lowest BCUT2D eigenvalue weighted by Crippen LogP contribution is -2.46. The molecule has 0 aromatic heterocycles. The number of hydrogen-bond acceptors (Lipinski definition) is 2. The summed E-state index contributed by atoms with van der Waals surface area (Å²) in [5.41, 5.74) is 1.75. The zero-order valence-electron chi connectivity index (χ0n) is 14.4. The van der Waals surface area contributed by atoms with Gasteiger partial charge in [0.2, 0.25) is 11.8 Å². The van der Waals surface area contributed by atoms with Gasteiger partial charge in [0.15, 0.2) is 0 Å². The maximum Gasteiger partial charge on any atom is 0.235 e. The van der Waals surface area contributed by atoms with Gasteiger partial charge < -0.3 is 10.6 Å². The fraction of sp³-hybridized carbons (Fsp3) is 0.300. The van der Waals surface area contributed by atoms with E-state index in [4.69, 9.17) is 0 Å². The van der Waals surface area contributed by atoms with Gasteiger partial charge in [0.05, 0.1) is 5.41 Å². The van der Waals surface area contributed by atoms with Crippen LogP contribution in [0.25, 0.3) is 0 Å². The lowest BCUT2D eigenvalue weighted by molar-refractivity contribution is -0.124. The number of carbonyl (C=O) groups is 2. The number of halogens is 1. The molecule has 1 aliphatic carbocycles. The Morgan fingerprint density at radius 3 is 2.40 bits per heavy atom. The molecule has 2 aromatic carbocycles. The standard InChI is InChI=1S/C20H21FN2O2/c1-13-8-9-15(22-14(2)24)12-18(13)23-19(25)20(10-5-11-20)16-6-3-4-7-17(16)21/h3-4,6-9,12H,5,10-11H2,1-2H3,(H,22,24)(H,23,25). The van der Waals surface area contributed by atoms with Crippen molar-refractivity contribution in [2.75, 3.05) is 10.6 Å². The molecule has 0 aliphatic heterocycles. The Morgan fingerprint density at radius 2 is 1.80 bits per heavy atom. The summed E-state index contributed by atoms with van der Waals surface area (Å²) in [5.74, 6) is -0.726. The first-order valence-corrected chi connectivity index (χ1v) is 8.37. The Kier molecular flexibility index (Phi) is 4.57. The lowest BCUT2D eigenvalue weighted by Gasteiger charge is -2.41. The van der Waals surface area contributed by atoms with Crippen molar-refractivity contribution < 1.29 is 14.0 Å². The molecule has 5 heteroatoms. The lowest BCUT2D eigenvalue weighted by atomic mass is 9.63. The Hall–Kier alpha value is -2.69. The summed E-state index contributed by atoms with van der Waals surface area (Å²) in [6.07, 6.45) is 2.15. The molecule has 0 radical (unpaired) electrons. The van der Waals surface area contributed by atoms with Gasteiger partial charge in [-0.3, -0.25) is 9.59 Å². The zero-order valence-corrected chi connectivity index (χ0v) is 14.4. The largest absolute Gasteiger partial charge is 0.326 e. The summed E-state index contributed by atoms with van der Waals surface area (Å²) >= 11 is 0. The number of benzene rings is 2. The number of aryl methyl sites for hydroxylation is 1. The Bertz CT molecular complexity index is 828. The summed E-state index contributed by atoms with van der Waals surface area (Å²) in [5, 5.41) is 5.64. The van der Waals surface area contributed by atoms with E-state index in [1.54, 1.807) is 30.3 Å². The van der Waals surface area contributed by atoms with Crippen LogP contribution in [0.15, 0.2) is 42.5 Å². The van der Waals surface area contributed by atoms with Crippen LogP contribution in [-0.2, 0) is 15.0 Å². The van der Waals surface area contributed by atoms with Crippen molar-refractivity contribution in [2.24, 2.45) is 0 Å². The molecular weight excluding hydrogens is 319 g/mol. The van der Waals surface area contributed by atoms with E-state index in [0.717, 1.165) is 12.0 Å².